The molecule has 1 N–H and O–H groups in total. The molecule has 0 radical (unpaired) electrons. The van der Waals surface area contributed by atoms with Gasteiger partial charge in [-0.1, -0.05) is 6.07 Å². The van der Waals surface area contributed by atoms with Crippen LogP contribution in [0.2, 0.25) is 0 Å². The Morgan fingerprint density at radius 1 is 1.27 bits per heavy atom. The maximum Gasteiger partial charge on any atom is 0.226 e. The number of hydrogen-bond acceptors (Lipinski definition) is 5. The highest BCUT2D eigenvalue weighted by atomic mass is 32.1. The lowest BCUT2D eigenvalue weighted by atomic mass is 10.2. The third-order valence-electron chi connectivity index (χ3n) is 3.14. The normalized spacial score (nSPS) is 10.9. The van der Waals surface area contributed by atoms with Crippen LogP contribution in [0.4, 0.5) is 0 Å². The summed E-state index contributed by atoms with van der Waals surface area (Å²) in [6.07, 6.45) is 3.90. The number of aryl methyl sites for hydroxylation is 2. The molecule has 0 fully saturated rings. The fourth-order valence-corrected chi connectivity index (χ4v) is 2.77. The van der Waals surface area contributed by atoms with E-state index in [0.717, 1.165) is 35.8 Å². The third kappa shape index (κ3) is 5.91. The molecular formula is C16H22N4OS. The van der Waals surface area contributed by atoms with Gasteiger partial charge in [-0.2, -0.15) is 0 Å². The van der Waals surface area contributed by atoms with Crippen LogP contribution >= 0.6 is 11.3 Å². The second kappa shape index (κ2) is 8.60. The maximum atomic E-state index is 11.8. The third-order valence-corrected chi connectivity index (χ3v) is 4.10. The SMILES string of the molecule is CN(C)CCNC(=O)Cc1csc(CCc2ccccn2)n1. The minimum absolute atomic E-state index is 0.0310. The molecule has 0 aromatic carbocycles. The fraction of sp³-hybridized carbons (Fsp3) is 0.438. The van der Waals surface area contributed by atoms with E-state index in [1.54, 1.807) is 17.5 Å². The standard InChI is InChI=1S/C16H22N4OS/c1-20(2)10-9-18-15(21)11-14-12-22-16(19-14)7-6-13-5-3-4-8-17-13/h3-5,8,12H,6-7,9-11H2,1-2H3,(H,18,21). The van der Waals surface area contributed by atoms with E-state index in [4.69, 9.17) is 0 Å². The molecule has 1 amide bonds. The van der Waals surface area contributed by atoms with E-state index in [2.05, 4.69) is 15.3 Å². The molecule has 0 spiro atoms. The average Bonchev–Trinajstić information content (AvgIpc) is 2.93. The van der Waals surface area contributed by atoms with Crippen LogP contribution < -0.4 is 5.32 Å². The van der Waals surface area contributed by atoms with E-state index in [0.29, 0.717) is 13.0 Å². The van der Waals surface area contributed by atoms with Gasteiger partial charge in [-0.3, -0.25) is 9.78 Å². The molecule has 2 rings (SSSR count). The van der Waals surface area contributed by atoms with Crippen molar-refractivity contribution >= 4 is 17.2 Å². The molecule has 5 nitrogen and oxygen atoms in total. The van der Waals surface area contributed by atoms with Gasteiger partial charge in [0.25, 0.3) is 0 Å². The summed E-state index contributed by atoms with van der Waals surface area (Å²) in [6.45, 7) is 1.51. The zero-order valence-corrected chi connectivity index (χ0v) is 13.9. The molecule has 0 atom stereocenters. The molecule has 0 saturated heterocycles. The van der Waals surface area contributed by atoms with Crippen LogP contribution in [-0.4, -0.2) is 48.0 Å². The van der Waals surface area contributed by atoms with Gasteiger partial charge in [0.1, 0.15) is 0 Å². The number of nitrogens with zero attached hydrogens (tertiary/aromatic N) is 3. The van der Waals surface area contributed by atoms with E-state index < -0.39 is 0 Å². The van der Waals surface area contributed by atoms with Crippen LogP contribution in [0.1, 0.15) is 16.4 Å². The molecule has 118 valence electrons. The minimum Gasteiger partial charge on any atom is -0.354 e. The summed E-state index contributed by atoms with van der Waals surface area (Å²) in [5, 5.41) is 5.93. The van der Waals surface area contributed by atoms with Crippen LogP contribution in [0.25, 0.3) is 0 Å². The van der Waals surface area contributed by atoms with Crippen molar-refractivity contribution in [3.8, 4) is 0 Å². The van der Waals surface area contributed by atoms with Crippen LogP contribution in [0.5, 0.6) is 0 Å². The number of nitrogens with one attached hydrogen (secondary N) is 1. The Morgan fingerprint density at radius 3 is 2.86 bits per heavy atom. The Morgan fingerprint density at radius 2 is 2.14 bits per heavy atom. The Kier molecular flexibility index (Phi) is 6.48. The number of thiazole rings is 1. The highest BCUT2D eigenvalue weighted by Gasteiger charge is 2.08. The summed E-state index contributed by atoms with van der Waals surface area (Å²) >= 11 is 1.61. The Hall–Kier alpha value is -1.79. The van der Waals surface area contributed by atoms with Crippen molar-refractivity contribution < 1.29 is 4.79 Å². The predicted octanol–water partition coefficient (Wildman–Crippen LogP) is 1.54. The van der Waals surface area contributed by atoms with E-state index in [1.807, 2.05) is 42.6 Å². The van der Waals surface area contributed by atoms with Gasteiger partial charge in [0.2, 0.25) is 5.91 Å². The molecule has 0 aliphatic carbocycles. The summed E-state index contributed by atoms with van der Waals surface area (Å²) < 4.78 is 0. The van der Waals surface area contributed by atoms with E-state index in [-0.39, 0.29) is 5.91 Å². The number of likely N-dealkylation sites (N-methyl/N-ethyl adjacent to an activating group) is 1. The Balaban J connectivity index is 1.75. The number of carbonyl (C=O) groups is 1. The van der Waals surface area contributed by atoms with Gasteiger partial charge in [0, 0.05) is 36.8 Å². The first-order chi connectivity index (χ1) is 10.6. The van der Waals surface area contributed by atoms with Crippen LogP contribution in [0.3, 0.4) is 0 Å². The first kappa shape index (κ1) is 16.6. The van der Waals surface area contributed by atoms with Gasteiger partial charge in [0.15, 0.2) is 0 Å². The lowest BCUT2D eigenvalue weighted by molar-refractivity contribution is -0.120. The van der Waals surface area contributed by atoms with E-state index in [9.17, 15) is 4.79 Å². The summed E-state index contributed by atoms with van der Waals surface area (Å²) in [4.78, 5) is 22.7. The van der Waals surface area contributed by atoms with Crippen LogP contribution in [0.15, 0.2) is 29.8 Å². The smallest absolute Gasteiger partial charge is 0.226 e. The molecule has 0 aliphatic heterocycles. The van der Waals surface area contributed by atoms with Gasteiger partial charge < -0.3 is 10.2 Å². The first-order valence-corrected chi connectivity index (χ1v) is 8.26. The average molecular weight is 318 g/mol. The summed E-state index contributed by atoms with van der Waals surface area (Å²) in [7, 11) is 3.97. The molecule has 22 heavy (non-hydrogen) atoms. The number of pyridine rings is 1. The summed E-state index contributed by atoms with van der Waals surface area (Å²) in [5.41, 5.74) is 1.92. The van der Waals surface area contributed by atoms with Crippen molar-refractivity contribution in [1.29, 1.82) is 0 Å². The molecule has 2 aromatic heterocycles. The molecule has 6 heteroatoms. The van der Waals surface area contributed by atoms with E-state index >= 15 is 0 Å². The monoisotopic (exact) mass is 318 g/mol. The first-order valence-electron chi connectivity index (χ1n) is 7.38. The number of hydrogen-bond donors (Lipinski definition) is 1. The molecule has 0 aliphatic rings. The number of amides is 1. The lowest BCUT2D eigenvalue weighted by Gasteiger charge is -2.09. The highest BCUT2D eigenvalue weighted by Crippen LogP contribution is 2.13. The number of rotatable bonds is 8. The van der Waals surface area contributed by atoms with Crippen molar-refractivity contribution in [2.75, 3.05) is 27.2 Å². The molecule has 0 unspecified atom stereocenters. The summed E-state index contributed by atoms with van der Waals surface area (Å²) in [6, 6.07) is 5.93. The maximum absolute atomic E-state index is 11.8. The molecule has 0 bridgehead atoms. The van der Waals surface area contributed by atoms with E-state index in [1.165, 1.54) is 0 Å². The molecule has 2 aromatic rings. The van der Waals surface area contributed by atoms with Gasteiger partial charge >= 0.3 is 0 Å². The Bertz CT molecular complexity index is 583. The van der Waals surface area contributed by atoms with Crippen molar-refractivity contribution in [2.45, 2.75) is 19.3 Å². The highest BCUT2D eigenvalue weighted by molar-refractivity contribution is 7.09. The molecular weight excluding hydrogens is 296 g/mol. The number of carbonyl (C=O) groups excluding carboxylic acids is 1. The molecule has 2 heterocycles. The largest absolute Gasteiger partial charge is 0.354 e. The van der Waals surface area contributed by atoms with Gasteiger partial charge in [0.05, 0.1) is 17.1 Å². The fourth-order valence-electron chi connectivity index (χ4n) is 1.97. The zero-order valence-electron chi connectivity index (χ0n) is 13.1. The zero-order chi connectivity index (χ0) is 15.8. The van der Waals surface area contributed by atoms with Crippen molar-refractivity contribution in [3.63, 3.8) is 0 Å². The predicted molar refractivity (Wildman–Crippen MR) is 89.0 cm³/mol. The van der Waals surface area contributed by atoms with Crippen LogP contribution in [-0.2, 0) is 24.1 Å². The topological polar surface area (TPSA) is 58.1 Å². The second-order valence-electron chi connectivity index (χ2n) is 5.38. The second-order valence-corrected chi connectivity index (χ2v) is 6.33. The van der Waals surface area contributed by atoms with Crippen molar-refractivity contribution in [1.82, 2.24) is 20.2 Å². The number of aromatic nitrogens is 2. The quantitative estimate of drug-likeness (QED) is 0.802. The molecule has 0 saturated carbocycles. The van der Waals surface area contributed by atoms with Gasteiger partial charge in [-0.25, -0.2) is 4.98 Å². The van der Waals surface area contributed by atoms with Crippen LogP contribution in [0, 0.1) is 0 Å². The van der Waals surface area contributed by atoms with Gasteiger partial charge in [-0.05, 0) is 32.6 Å². The van der Waals surface area contributed by atoms with Gasteiger partial charge in [-0.15, -0.1) is 11.3 Å². The minimum atomic E-state index is 0.0310. The van der Waals surface area contributed by atoms with Crippen molar-refractivity contribution in [3.05, 3.63) is 46.2 Å². The summed E-state index contributed by atoms with van der Waals surface area (Å²) in [5.74, 6) is 0.0310. The lowest BCUT2D eigenvalue weighted by Crippen LogP contribution is -2.32. The van der Waals surface area contributed by atoms with Crippen molar-refractivity contribution in [2.24, 2.45) is 0 Å². The Labute approximate surface area is 135 Å².